The Hall–Kier alpha value is -2.54. The molecule has 0 spiro atoms. The molecule has 0 N–H and O–H groups in total. The van der Waals surface area contributed by atoms with Crippen LogP contribution in [0.25, 0.3) is 11.3 Å². The summed E-state index contributed by atoms with van der Waals surface area (Å²) in [5.41, 5.74) is 3.27. The fourth-order valence-electron chi connectivity index (χ4n) is 5.37. The molecule has 3 aliphatic rings. The topological polar surface area (TPSA) is 64.8 Å². The minimum absolute atomic E-state index is 0.0784. The van der Waals surface area contributed by atoms with Crippen molar-refractivity contribution in [3.8, 4) is 11.3 Å². The van der Waals surface area contributed by atoms with Crippen LogP contribution in [-0.2, 0) is 22.7 Å². The highest BCUT2D eigenvalue weighted by Crippen LogP contribution is 2.47. The Morgan fingerprint density at radius 1 is 1.03 bits per heavy atom. The number of ether oxygens (including phenoxy) is 2. The number of aromatic nitrogens is 1. The van der Waals surface area contributed by atoms with Gasteiger partial charge in [0.25, 0.3) is 0 Å². The predicted molar refractivity (Wildman–Crippen MR) is 132 cm³/mol. The van der Waals surface area contributed by atoms with Gasteiger partial charge in [-0.2, -0.15) is 0 Å². The molecule has 2 bridgehead atoms. The third-order valence-electron chi connectivity index (χ3n) is 7.32. The fourth-order valence-corrected chi connectivity index (χ4v) is 5.95. The van der Waals surface area contributed by atoms with Crippen LogP contribution in [-0.4, -0.2) is 34.8 Å². The molecule has 2 saturated carbocycles. The van der Waals surface area contributed by atoms with E-state index in [0.717, 1.165) is 42.6 Å². The molecule has 3 fully saturated rings. The lowest BCUT2D eigenvalue weighted by Crippen LogP contribution is -2.42. The third-order valence-corrected chi connectivity index (χ3v) is 7.95. The molecule has 8 heteroatoms. The zero-order valence-electron chi connectivity index (χ0n) is 19.2. The van der Waals surface area contributed by atoms with E-state index in [2.05, 4.69) is 5.16 Å². The number of hydrogen-bond donors (Lipinski definition) is 0. The number of halogens is 2. The summed E-state index contributed by atoms with van der Waals surface area (Å²) in [6.45, 7) is 1.34. The molecule has 2 aliphatic carbocycles. The second kappa shape index (κ2) is 9.49. The van der Waals surface area contributed by atoms with Crippen LogP contribution in [0.3, 0.4) is 0 Å². The number of carbonyl (C=O) groups is 1. The smallest absolute Gasteiger partial charge is 0.410 e. The third kappa shape index (κ3) is 4.55. The van der Waals surface area contributed by atoms with Crippen molar-refractivity contribution < 1.29 is 18.8 Å². The second-order valence-corrected chi connectivity index (χ2v) is 10.5. The summed E-state index contributed by atoms with van der Waals surface area (Å²) in [6.07, 6.45) is 3.75. The molecule has 35 heavy (non-hydrogen) atoms. The van der Waals surface area contributed by atoms with Crippen LogP contribution >= 0.6 is 23.2 Å². The van der Waals surface area contributed by atoms with E-state index >= 15 is 0 Å². The first-order chi connectivity index (χ1) is 17.1. The molecule has 0 unspecified atom stereocenters. The van der Waals surface area contributed by atoms with Gasteiger partial charge in [-0.15, -0.1) is 0 Å². The summed E-state index contributed by atoms with van der Waals surface area (Å²) in [5.74, 6) is 1.55. The van der Waals surface area contributed by atoms with Gasteiger partial charge in [0, 0.05) is 35.5 Å². The molecule has 1 saturated heterocycles. The minimum atomic E-state index is -0.245. The molecule has 0 radical (unpaired) electrons. The number of benzene rings is 2. The summed E-state index contributed by atoms with van der Waals surface area (Å²) >= 11 is 12.9. The van der Waals surface area contributed by atoms with Gasteiger partial charge in [-0.25, -0.2) is 4.79 Å². The van der Waals surface area contributed by atoms with Crippen LogP contribution in [0.15, 0.2) is 53.1 Å². The van der Waals surface area contributed by atoms with Gasteiger partial charge in [0.2, 0.25) is 0 Å². The largest absolute Gasteiger partial charge is 0.445 e. The lowest BCUT2D eigenvalue weighted by Gasteiger charge is -2.31. The van der Waals surface area contributed by atoms with Crippen LogP contribution < -0.4 is 0 Å². The Labute approximate surface area is 214 Å². The maximum absolute atomic E-state index is 12.7. The number of rotatable bonds is 7. The maximum Gasteiger partial charge on any atom is 0.410 e. The van der Waals surface area contributed by atoms with E-state index < -0.39 is 0 Å². The highest BCUT2D eigenvalue weighted by atomic mass is 35.5. The molecule has 2 aromatic carbocycles. The Bertz CT molecular complexity index is 1210. The van der Waals surface area contributed by atoms with Crippen molar-refractivity contribution in [2.24, 2.45) is 5.92 Å². The van der Waals surface area contributed by atoms with Gasteiger partial charge in [0.1, 0.15) is 18.1 Å². The van der Waals surface area contributed by atoms with Gasteiger partial charge >= 0.3 is 6.09 Å². The Kier molecular flexibility index (Phi) is 6.21. The number of amides is 1. The molecular formula is C27H26Cl2N2O4. The molecule has 1 amide bonds. The minimum Gasteiger partial charge on any atom is -0.445 e. The maximum atomic E-state index is 12.7. The average Bonchev–Trinajstić information content (AvgIpc) is 3.31. The van der Waals surface area contributed by atoms with Gasteiger partial charge in [0.05, 0.1) is 22.8 Å². The Balaban J connectivity index is 1.11. The van der Waals surface area contributed by atoms with E-state index in [1.807, 2.05) is 41.3 Å². The first-order valence-corrected chi connectivity index (χ1v) is 12.9. The van der Waals surface area contributed by atoms with Crippen LogP contribution in [0.2, 0.25) is 10.0 Å². The summed E-state index contributed by atoms with van der Waals surface area (Å²) in [7, 11) is 0. The van der Waals surface area contributed by atoms with Crippen molar-refractivity contribution >= 4 is 29.3 Å². The van der Waals surface area contributed by atoms with Gasteiger partial charge < -0.3 is 18.9 Å². The van der Waals surface area contributed by atoms with Crippen LogP contribution in [0.1, 0.15) is 48.5 Å². The van der Waals surface area contributed by atoms with E-state index in [1.165, 1.54) is 0 Å². The number of likely N-dealkylation sites (tertiary alicyclic amines) is 1. The average molecular weight is 513 g/mol. The van der Waals surface area contributed by atoms with Crippen molar-refractivity contribution in [3.05, 3.63) is 75.5 Å². The molecule has 182 valence electrons. The quantitative estimate of drug-likeness (QED) is 0.346. The number of piperidine rings is 1. The molecule has 6 nitrogen and oxygen atoms in total. The van der Waals surface area contributed by atoms with Crippen molar-refractivity contribution in [2.75, 3.05) is 6.54 Å². The molecule has 3 aromatic rings. The fraction of sp³-hybridized carbons (Fsp3) is 0.407. The first kappa shape index (κ1) is 22.9. The molecule has 6 rings (SSSR count). The van der Waals surface area contributed by atoms with Crippen LogP contribution in [0.4, 0.5) is 4.79 Å². The SMILES string of the molecule is O=C(OCc1ccccc1)N1C[C@H]2C[C@@H]1C[C@@H]2OCc1c(-c2c(Cl)cccc2Cl)noc1C1CC1. The van der Waals surface area contributed by atoms with E-state index in [1.54, 1.807) is 12.1 Å². The van der Waals surface area contributed by atoms with Gasteiger partial charge in [0.15, 0.2) is 0 Å². The van der Waals surface area contributed by atoms with Crippen molar-refractivity contribution in [1.82, 2.24) is 10.1 Å². The number of fused-ring (bicyclic) bond motifs is 2. The van der Waals surface area contributed by atoms with E-state index in [0.29, 0.717) is 46.3 Å². The standard InChI is InChI=1S/C27H26Cl2N2O4/c28-21-7-4-8-22(29)24(21)25-20(26(35-30-25)17-9-10-17)15-33-23-12-19-11-18(23)13-31(19)27(32)34-14-16-5-2-1-3-6-16/h1-8,17-19,23H,9-15H2/t18-,19-,23+/m1/s1. The zero-order chi connectivity index (χ0) is 23.9. The number of nitrogens with zero attached hydrogens (tertiary/aromatic N) is 2. The lowest BCUT2D eigenvalue weighted by molar-refractivity contribution is -0.0114. The monoisotopic (exact) mass is 512 g/mol. The molecule has 3 atom stereocenters. The zero-order valence-corrected chi connectivity index (χ0v) is 20.7. The predicted octanol–water partition coefficient (Wildman–Crippen LogP) is 6.84. The van der Waals surface area contributed by atoms with Crippen molar-refractivity contribution in [1.29, 1.82) is 0 Å². The Morgan fingerprint density at radius 2 is 1.80 bits per heavy atom. The highest BCUT2D eigenvalue weighted by molar-refractivity contribution is 6.39. The van der Waals surface area contributed by atoms with Gasteiger partial charge in [-0.3, -0.25) is 0 Å². The van der Waals surface area contributed by atoms with Crippen molar-refractivity contribution in [3.63, 3.8) is 0 Å². The number of hydrogen-bond acceptors (Lipinski definition) is 5. The van der Waals surface area contributed by atoms with E-state index in [4.69, 9.17) is 37.2 Å². The van der Waals surface area contributed by atoms with Gasteiger partial charge in [-0.1, -0.05) is 64.8 Å². The first-order valence-electron chi connectivity index (χ1n) is 12.1. The normalized spacial score (nSPS) is 23.1. The summed E-state index contributed by atoms with van der Waals surface area (Å²) in [6, 6.07) is 15.3. The van der Waals surface area contributed by atoms with E-state index in [9.17, 15) is 4.79 Å². The number of carbonyl (C=O) groups excluding carboxylic acids is 1. The van der Waals surface area contributed by atoms with Crippen LogP contribution in [0.5, 0.6) is 0 Å². The second-order valence-electron chi connectivity index (χ2n) is 9.67. The van der Waals surface area contributed by atoms with E-state index in [-0.39, 0.29) is 24.8 Å². The Morgan fingerprint density at radius 3 is 2.49 bits per heavy atom. The molecule has 2 heterocycles. The molecule has 1 aliphatic heterocycles. The van der Waals surface area contributed by atoms with Gasteiger partial charge in [-0.05, 0) is 43.4 Å². The molecular weight excluding hydrogens is 487 g/mol. The highest BCUT2D eigenvalue weighted by Gasteiger charge is 2.48. The van der Waals surface area contributed by atoms with Crippen molar-refractivity contribution in [2.45, 2.75) is 57.0 Å². The molecule has 1 aromatic heterocycles. The summed E-state index contributed by atoms with van der Waals surface area (Å²) in [4.78, 5) is 14.5. The summed E-state index contributed by atoms with van der Waals surface area (Å²) in [5, 5.41) is 5.43. The lowest BCUT2D eigenvalue weighted by atomic mass is 10.0. The summed E-state index contributed by atoms with van der Waals surface area (Å²) < 4.78 is 17.7. The van der Waals surface area contributed by atoms with Crippen LogP contribution in [0, 0.1) is 5.92 Å².